The zero-order chi connectivity index (χ0) is 37.0. The van der Waals surface area contributed by atoms with E-state index in [9.17, 15) is 16.8 Å². The summed E-state index contributed by atoms with van der Waals surface area (Å²) in [6.45, 7) is 5.81. The van der Waals surface area contributed by atoms with Crippen LogP contribution in [0.25, 0.3) is 11.1 Å². The molecule has 0 saturated carbocycles. The van der Waals surface area contributed by atoms with E-state index < -0.39 is 20.0 Å². The SMILES string of the molecule is CC(=NNc1nc(Nc2ccccc2)nc(NN=C(C)c2ccc(S(=O)(=O)N3CCC3)cc2)c1-c1ccccc1)c1ccc(S(=O)(=O)N2CCC2)cc1. The van der Waals surface area contributed by atoms with Crippen LogP contribution in [0.4, 0.5) is 23.3 Å². The molecular formula is C38H39N9O4S2. The highest BCUT2D eigenvalue weighted by Gasteiger charge is 2.30. The zero-order valence-electron chi connectivity index (χ0n) is 29.3. The summed E-state index contributed by atoms with van der Waals surface area (Å²) < 4.78 is 54.4. The Kier molecular flexibility index (Phi) is 10.3. The van der Waals surface area contributed by atoms with E-state index in [2.05, 4.69) is 26.4 Å². The number of anilines is 4. The maximum atomic E-state index is 12.9. The maximum Gasteiger partial charge on any atom is 0.243 e. The Balaban J connectivity index is 1.22. The van der Waals surface area contributed by atoms with Gasteiger partial charge < -0.3 is 5.32 Å². The average Bonchev–Trinajstić information content (AvgIpc) is 3.12. The third-order valence-electron chi connectivity index (χ3n) is 9.11. The number of para-hydroxylation sites is 1. The van der Waals surface area contributed by atoms with Gasteiger partial charge in [-0.1, -0.05) is 72.8 Å². The normalized spacial score (nSPS) is 15.7. The molecule has 3 N–H and O–H groups in total. The van der Waals surface area contributed by atoms with Crippen molar-refractivity contribution in [1.29, 1.82) is 0 Å². The Morgan fingerprint density at radius 2 is 1.00 bits per heavy atom. The molecule has 2 aliphatic heterocycles. The van der Waals surface area contributed by atoms with E-state index in [0.29, 0.717) is 54.8 Å². The molecule has 4 aromatic carbocycles. The lowest BCUT2D eigenvalue weighted by Crippen LogP contribution is -2.41. The smallest absolute Gasteiger partial charge is 0.243 e. The minimum absolute atomic E-state index is 0.250. The van der Waals surface area contributed by atoms with Crippen LogP contribution in [-0.2, 0) is 20.0 Å². The predicted octanol–water partition coefficient (Wildman–Crippen LogP) is 6.35. The lowest BCUT2D eigenvalue weighted by Gasteiger charge is -2.29. The first-order chi connectivity index (χ1) is 25.6. The second-order valence-corrected chi connectivity index (χ2v) is 16.5. The predicted molar refractivity (Wildman–Crippen MR) is 208 cm³/mol. The highest BCUT2D eigenvalue weighted by atomic mass is 32.2. The molecule has 0 amide bonds. The largest absolute Gasteiger partial charge is 0.324 e. The van der Waals surface area contributed by atoms with Crippen LogP contribution < -0.4 is 16.2 Å². The Morgan fingerprint density at radius 1 is 0.585 bits per heavy atom. The fraction of sp³-hybridized carbons (Fsp3) is 0.211. The average molecular weight is 750 g/mol. The molecule has 0 atom stereocenters. The van der Waals surface area contributed by atoms with Crippen molar-refractivity contribution >= 4 is 54.7 Å². The molecular weight excluding hydrogens is 711 g/mol. The zero-order valence-corrected chi connectivity index (χ0v) is 30.9. The number of aromatic nitrogens is 2. The van der Waals surface area contributed by atoms with E-state index >= 15 is 0 Å². The number of sulfonamides is 2. The Bertz CT molecular complexity index is 2240. The molecule has 15 heteroatoms. The molecule has 3 heterocycles. The van der Waals surface area contributed by atoms with Crippen LogP contribution in [-0.4, -0.2) is 73.0 Å². The van der Waals surface area contributed by atoms with Gasteiger partial charge in [-0.2, -0.15) is 28.8 Å². The van der Waals surface area contributed by atoms with Crippen molar-refractivity contribution in [1.82, 2.24) is 18.6 Å². The number of hydrogen-bond acceptors (Lipinski definition) is 11. The van der Waals surface area contributed by atoms with E-state index in [1.807, 2.05) is 74.5 Å². The standard InChI is InChI=1S/C38H39N9O4S2/c1-27(29-15-19-33(20-16-29)52(48,49)46-23-9-24-46)42-44-36-35(31-11-5-3-6-12-31)37(41-38(40-36)39-32-13-7-4-8-14-32)45-43-28(2)30-17-21-34(22-18-30)53(50,51)47-25-10-26-47/h3-8,11-22H,9-10,23-26H2,1-2H3,(H3,39,40,41,44,45). The van der Waals surface area contributed by atoms with Crippen LogP contribution in [0, 0.1) is 0 Å². The molecule has 0 radical (unpaired) electrons. The number of benzene rings is 4. The molecule has 2 aliphatic rings. The van der Waals surface area contributed by atoms with Crippen molar-refractivity contribution in [2.24, 2.45) is 10.2 Å². The minimum atomic E-state index is -3.50. The number of nitrogens with one attached hydrogen (secondary N) is 3. The highest BCUT2D eigenvalue weighted by molar-refractivity contribution is 7.89. The monoisotopic (exact) mass is 749 g/mol. The summed E-state index contributed by atoms with van der Waals surface area (Å²) in [5.74, 6) is 1.05. The Hall–Kier alpha value is -5.48. The Morgan fingerprint density at radius 3 is 1.40 bits per heavy atom. The van der Waals surface area contributed by atoms with Crippen molar-refractivity contribution in [3.05, 3.63) is 120 Å². The van der Waals surface area contributed by atoms with Gasteiger partial charge in [-0.3, -0.25) is 10.9 Å². The van der Waals surface area contributed by atoms with Crippen molar-refractivity contribution in [3.63, 3.8) is 0 Å². The van der Waals surface area contributed by atoms with Gasteiger partial charge in [0.15, 0.2) is 11.6 Å². The van der Waals surface area contributed by atoms with Crippen molar-refractivity contribution in [2.75, 3.05) is 42.3 Å². The highest BCUT2D eigenvalue weighted by Crippen LogP contribution is 2.35. The molecule has 272 valence electrons. The summed E-state index contributed by atoms with van der Waals surface area (Å²) >= 11 is 0. The molecule has 0 spiro atoms. The van der Waals surface area contributed by atoms with Gasteiger partial charge in [-0.05, 0) is 79.8 Å². The first-order valence-corrected chi connectivity index (χ1v) is 20.1. The van der Waals surface area contributed by atoms with E-state index in [4.69, 9.17) is 9.97 Å². The first-order valence-electron chi connectivity index (χ1n) is 17.2. The molecule has 53 heavy (non-hydrogen) atoms. The summed E-state index contributed by atoms with van der Waals surface area (Å²) in [4.78, 5) is 10.1. The van der Waals surface area contributed by atoms with Crippen molar-refractivity contribution in [2.45, 2.75) is 36.5 Å². The van der Waals surface area contributed by atoms with Gasteiger partial charge in [0.2, 0.25) is 26.0 Å². The van der Waals surface area contributed by atoms with Crippen LogP contribution in [0.3, 0.4) is 0 Å². The van der Waals surface area contributed by atoms with Gasteiger partial charge in [-0.25, -0.2) is 16.8 Å². The molecule has 5 aromatic rings. The van der Waals surface area contributed by atoms with Gasteiger partial charge in [0, 0.05) is 31.9 Å². The fourth-order valence-corrected chi connectivity index (χ4v) is 8.73. The second kappa shape index (κ2) is 15.2. The van der Waals surface area contributed by atoms with Gasteiger partial charge in [0.25, 0.3) is 0 Å². The number of hydrogen-bond donors (Lipinski definition) is 3. The van der Waals surface area contributed by atoms with Crippen molar-refractivity contribution in [3.8, 4) is 11.1 Å². The summed E-state index contributed by atoms with van der Waals surface area (Å²) in [7, 11) is -7.00. The van der Waals surface area contributed by atoms with Gasteiger partial charge >= 0.3 is 0 Å². The quantitative estimate of drug-likeness (QED) is 0.0921. The van der Waals surface area contributed by atoms with Gasteiger partial charge in [-0.15, -0.1) is 0 Å². The van der Waals surface area contributed by atoms with Crippen molar-refractivity contribution < 1.29 is 16.8 Å². The number of nitrogens with zero attached hydrogens (tertiary/aromatic N) is 6. The summed E-state index contributed by atoms with van der Waals surface area (Å²) in [6, 6.07) is 32.5. The molecule has 0 unspecified atom stereocenters. The Labute approximate surface area is 309 Å². The molecule has 0 aliphatic carbocycles. The molecule has 2 fully saturated rings. The topological polar surface area (TPSA) is 161 Å². The fourth-order valence-electron chi connectivity index (χ4n) is 5.70. The number of rotatable bonds is 13. The van der Waals surface area contributed by atoms with Crippen LogP contribution in [0.1, 0.15) is 37.8 Å². The van der Waals surface area contributed by atoms with Crippen LogP contribution in [0.15, 0.2) is 129 Å². The second-order valence-electron chi connectivity index (χ2n) is 12.7. The van der Waals surface area contributed by atoms with E-state index in [0.717, 1.165) is 35.2 Å². The minimum Gasteiger partial charge on any atom is -0.324 e. The maximum absolute atomic E-state index is 12.9. The molecule has 0 bridgehead atoms. The van der Waals surface area contributed by atoms with Crippen LogP contribution in [0.2, 0.25) is 0 Å². The number of hydrazone groups is 2. The van der Waals surface area contributed by atoms with Crippen LogP contribution in [0.5, 0.6) is 0 Å². The molecule has 7 rings (SSSR count). The van der Waals surface area contributed by atoms with E-state index in [1.54, 1.807) is 48.5 Å². The van der Waals surface area contributed by atoms with E-state index in [1.165, 1.54) is 8.61 Å². The third-order valence-corrected chi connectivity index (χ3v) is 12.9. The molecule has 2 saturated heterocycles. The summed E-state index contributed by atoms with van der Waals surface area (Å²) in [5, 5.41) is 12.6. The lowest BCUT2D eigenvalue weighted by atomic mass is 10.1. The van der Waals surface area contributed by atoms with Gasteiger partial charge in [0.1, 0.15) is 0 Å². The lowest BCUT2D eigenvalue weighted by molar-refractivity contribution is 0.309. The third kappa shape index (κ3) is 7.83. The van der Waals surface area contributed by atoms with Crippen LogP contribution >= 0.6 is 0 Å². The first kappa shape index (κ1) is 35.9. The molecule has 13 nitrogen and oxygen atoms in total. The molecule has 1 aromatic heterocycles. The summed E-state index contributed by atoms with van der Waals surface area (Å²) in [6.07, 6.45) is 1.74. The van der Waals surface area contributed by atoms with E-state index in [-0.39, 0.29) is 15.7 Å². The van der Waals surface area contributed by atoms with Gasteiger partial charge in [0.05, 0.1) is 26.8 Å². The summed E-state index contributed by atoms with van der Waals surface area (Å²) in [5.41, 5.74) is 11.1.